The summed E-state index contributed by atoms with van der Waals surface area (Å²) >= 11 is 0. The molecule has 0 amide bonds. The van der Waals surface area contributed by atoms with Crippen LogP contribution < -0.4 is 0 Å². The smallest absolute Gasteiger partial charge is 0.105 e. The molecule has 82 valence electrons. The quantitative estimate of drug-likeness (QED) is 0.783. The van der Waals surface area contributed by atoms with Crippen molar-refractivity contribution < 1.29 is 0 Å². The zero-order chi connectivity index (χ0) is 11.4. The maximum absolute atomic E-state index is 4.17. The van der Waals surface area contributed by atoms with E-state index in [2.05, 4.69) is 20.4 Å². The standard InChI is InChI=1S/C12H14N4/c1-9-10(2)14-16-12(9)8-13-15-11-6-4-3-5-7-11/h3-7H,8H2,1-2H3,(H,14,16). The molecule has 4 nitrogen and oxygen atoms in total. The third-order valence-corrected chi connectivity index (χ3v) is 2.52. The zero-order valence-electron chi connectivity index (χ0n) is 9.44. The normalized spacial score (nSPS) is 11.1. The van der Waals surface area contributed by atoms with Gasteiger partial charge in [-0.1, -0.05) is 18.2 Å². The largest absolute Gasteiger partial charge is 0.282 e. The molecule has 0 aliphatic rings. The van der Waals surface area contributed by atoms with E-state index in [0.717, 1.165) is 22.6 Å². The number of rotatable bonds is 3. The van der Waals surface area contributed by atoms with Gasteiger partial charge < -0.3 is 0 Å². The van der Waals surface area contributed by atoms with Crippen LogP contribution in [-0.4, -0.2) is 10.2 Å². The highest BCUT2D eigenvalue weighted by Crippen LogP contribution is 2.13. The van der Waals surface area contributed by atoms with Crippen molar-refractivity contribution >= 4 is 5.69 Å². The Hall–Kier alpha value is -1.97. The highest BCUT2D eigenvalue weighted by molar-refractivity contribution is 5.34. The molecule has 0 aliphatic heterocycles. The molecule has 0 atom stereocenters. The average molecular weight is 214 g/mol. The summed E-state index contributed by atoms with van der Waals surface area (Å²) in [5, 5.41) is 15.4. The first kappa shape index (κ1) is 10.5. The molecular formula is C12H14N4. The Morgan fingerprint density at radius 1 is 1.19 bits per heavy atom. The highest BCUT2D eigenvalue weighted by Gasteiger charge is 2.03. The molecule has 16 heavy (non-hydrogen) atoms. The van der Waals surface area contributed by atoms with Crippen molar-refractivity contribution in [2.45, 2.75) is 20.4 Å². The summed E-state index contributed by atoms with van der Waals surface area (Å²) in [5.74, 6) is 0. The lowest BCUT2D eigenvalue weighted by atomic mass is 10.2. The first-order valence-electron chi connectivity index (χ1n) is 5.20. The molecule has 4 heteroatoms. The molecule has 1 N–H and O–H groups in total. The fraction of sp³-hybridized carbons (Fsp3) is 0.250. The van der Waals surface area contributed by atoms with E-state index in [-0.39, 0.29) is 0 Å². The molecular weight excluding hydrogens is 200 g/mol. The van der Waals surface area contributed by atoms with Crippen LogP contribution in [0.5, 0.6) is 0 Å². The van der Waals surface area contributed by atoms with E-state index in [9.17, 15) is 0 Å². The number of hydrogen-bond donors (Lipinski definition) is 1. The molecule has 0 saturated heterocycles. The minimum atomic E-state index is 0.519. The van der Waals surface area contributed by atoms with Crippen LogP contribution in [0.15, 0.2) is 40.6 Å². The minimum absolute atomic E-state index is 0.519. The zero-order valence-corrected chi connectivity index (χ0v) is 9.44. The maximum Gasteiger partial charge on any atom is 0.105 e. The molecule has 1 aromatic carbocycles. The lowest BCUT2D eigenvalue weighted by Crippen LogP contribution is -1.84. The van der Waals surface area contributed by atoms with Gasteiger partial charge in [0, 0.05) is 5.69 Å². The molecule has 0 aliphatic carbocycles. The molecule has 0 fully saturated rings. The van der Waals surface area contributed by atoms with E-state index in [1.807, 2.05) is 44.2 Å². The number of benzene rings is 1. The number of nitrogens with zero attached hydrogens (tertiary/aromatic N) is 3. The minimum Gasteiger partial charge on any atom is -0.282 e. The van der Waals surface area contributed by atoms with Crippen LogP contribution in [0.2, 0.25) is 0 Å². The lowest BCUT2D eigenvalue weighted by Gasteiger charge is -1.92. The van der Waals surface area contributed by atoms with Gasteiger partial charge >= 0.3 is 0 Å². The van der Waals surface area contributed by atoms with Gasteiger partial charge in [-0.3, -0.25) is 5.10 Å². The van der Waals surface area contributed by atoms with E-state index in [1.165, 1.54) is 0 Å². The van der Waals surface area contributed by atoms with Crippen molar-refractivity contribution in [2.75, 3.05) is 0 Å². The van der Waals surface area contributed by atoms with Crippen LogP contribution in [0.3, 0.4) is 0 Å². The third kappa shape index (κ3) is 2.34. The number of nitrogens with one attached hydrogen (secondary N) is 1. The summed E-state index contributed by atoms with van der Waals surface area (Å²) in [5.41, 5.74) is 4.07. The van der Waals surface area contributed by atoms with Gasteiger partial charge in [-0.2, -0.15) is 15.3 Å². The van der Waals surface area contributed by atoms with Gasteiger partial charge in [0.05, 0.1) is 11.4 Å². The summed E-state index contributed by atoms with van der Waals surface area (Å²) < 4.78 is 0. The Morgan fingerprint density at radius 3 is 2.56 bits per heavy atom. The molecule has 0 unspecified atom stereocenters. The van der Waals surface area contributed by atoms with Crippen LogP contribution in [0.4, 0.5) is 5.69 Å². The molecule has 2 aromatic rings. The SMILES string of the molecule is Cc1[nH]nc(CN=Nc2ccccc2)c1C. The Bertz CT molecular complexity index is 485. The number of H-pyrrole nitrogens is 1. The summed E-state index contributed by atoms with van der Waals surface area (Å²) in [6.07, 6.45) is 0. The van der Waals surface area contributed by atoms with Crippen molar-refractivity contribution in [2.24, 2.45) is 10.2 Å². The number of aryl methyl sites for hydroxylation is 1. The van der Waals surface area contributed by atoms with Crippen molar-refractivity contribution in [3.8, 4) is 0 Å². The fourth-order valence-electron chi connectivity index (χ4n) is 1.37. The number of aromatic amines is 1. The second-order valence-corrected chi connectivity index (χ2v) is 3.66. The average Bonchev–Trinajstić information content (AvgIpc) is 2.62. The summed E-state index contributed by atoms with van der Waals surface area (Å²) in [7, 11) is 0. The Kier molecular flexibility index (Phi) is 3.10. The van der Waals surface area contributed by atoms with Crippen LogP contribution in [0.25, 0.3) is 0 Å². The van der Waals surface area contributed by atoms with E-state index < -0.39 is 0 Å². The van der Waals surface area contributed by atoms with Crippen LogP contribution in [0.1, 0.15) is 17.0 Å². The summed E-state index contributed by atoms with van der Waals surface area (Å²) in [4.78, 5) is 0. The monoisotopic (exact) mass is 214 g/mol. The van der Waals surface area contributed by atoms with E-state index in [0.29, 0.717) is 6.54 Å². The van der Waals surface area contributed by atoms with E-state index in [1.54, 1.807) is 0 Å². The first-order valence-corrected chi connectivity index (χ1v) is 5.20. The van der Waals surface area contributed by atoms with Gasteiger partial charge in [0.2, 0.25) is 0 Å². The molecule has 0 spiro atoms. The van der Waals surface area contributed by atoms with E-state index in [4.69, 9.17) is 0 Å². The molecule has 1 heterocycles. The molecule has 0 radical (unpaired) electrons. The van der Waals surface area contributed by atoms with Crippen molar-refractivity contribution in [1.29, 1.82) is 0 Å². The second kappa shape index (κ2) is 4.70. The second-order valence-electron chi connectivity index (χ2n) is 3.66. The number of azo groups is 1. The van der Waals surface area contributed by atoms with Crippen molar-refractivity contribution in [1.82, 2.24) is 10.2 Å². The van der Waals surface area contributed by atoms with Crippen molar-refractivity contribution in [3.63, 3.8) is 0 Å². The Labute approximate surface area is 94.4 Å². The summed E-state index contributed by atoms with van der Waals surface area (Å²) in [6, 6.07) is 9.69. The van der Waals surface area contributed by atoms with Gasteiger partial charge in [-0.25, -0.2) is 0 Å². The van der Waals surface area contributed by atoms with Crippen LogP contribution in [0, 0.1) is 13.8 Å². The molecule has 1 aromatic heterocycles. The number of hydrogen-bond acceptors (Lipinski definition) is 3. The van der Waals surface area contributed by atoms with Gasteiger partial charge in [0.15, 0.2) is 0 Å². The van der Waals surface area contributed by atoms with Gasteiger partial charge in [-0.05, 0) is 31.5 Å². The molecule has 0 saturated carbocycles. The summed E-state index contributed by atoms with van der Waals surface area (Å²) in [6.45, 7) is 4.55. The topological polar surface area (TPSA) is 53.4 Å². The van der Waals surface area contributed by atoms with Crippen molar-refractivity contribution in [3.05, 3.63) is 47.3 Å². The maximum atomic E-state index is 4.17. The Balaban J connectivity index is 2.03. The Morgan fingerprint density at radius 2 is 1.94 bits per heavy atom. The lowest BCUT2D eigenvalue weighted by molar-refractivity contribution is 0.886. The van der Waals surface area contributed by atoms with Crippen LogP contribution >= 0.6 is 0 Å². The number of aromatic nitrogens is 2. The van der Waals surface area contributed by atoms with Gasteiger partial charge in [0.25, 0.3) is 0 Å². The highest BCUT2D eigenvalue weighted by atomic mass is 15.2. The van der Waals surface area contributed by atoms with Gasteiger partial charge in [0.1, 0.15) is 6.54 Å². The van der Waals surface area contributed by atoms with Gasteiger partial charge in [-0.15, -0.1) is 0 Å². The molecule has 0 bridgehead atoms. The molecule has 2 rings (SSSR count). The third-order valence-electron chi connectivity index (χ3n) is 2.52. The predicted octanol–water partition coefficient (Wildman–Crippen LogP) is 3.31. The first-order chi connectivity index (χ1) is 7.77. The predicted molar refractivity (Wildman–Crippen MR) is 62.7 cm³/mol. The fourth-order valence-corrected chi connectivity index (χ4v) is 1.37. The van der Waals surface area contributed by atoms with Crippen LogP contribution in [-0.2, 0) is 6.54 Å². The van der Waals surface area contributed by atoms with E-state index >= 15 is 0 Å².